The molecule has 0 aliphatic carbocycles. The highest BCUT2D eigenvalue weighted by atomic mass is 14.8. The van der Waals surface area contributed by atoms with E-state index in [9.17, 15) is 0 Å². The van der Waals surface area contributed by atoms with Crippen LogP contribution in [0, 0.1) is 0 Å². The Kier molecular flexibility index (Phi) is 7.28. The van der Waals surface area contributed by atoms with Gasteiger partial charge >= 0.3 is 0 Å². The number of unbranched alkanes of at least 4 members (excludes halogenated alkanes) is 7. The maximum atomic E-state index is 3.36. The highest BCUT2D eigenvalue weighted by molar-refractivity contribution is 5.87. The van der Waals surface area contributed by atoms with Crippen LogP contribution in [0.4, 0.5) is 5.69 Å². The number of aryl methyl sites for hydroxylation is 1. The molecule has 1 heteroatoms. The van der Waals surface area contributed by atoms with Crippen LogP contribution in [-0.2, 0) is 6.42 Å². The van der Waals surface area contributed by atoms with Crippen LogP contribution in [-0.4, -0.2) is 7.05 Å². The number of hydrogen-bond donors (Lipinski definition) is 1. The average Bonchev–Trinajstić information content (AvgIpc) is 2.56. The molecule has 0 aromatic heterocycles. The van der Waals surface area contributed by atoms with Gasteiger partial charge in [-0.15, -0.1) is 0 Å². The van der Waals surface area contributed by atoms with Crippen molar-refractivity contribution >= 4 is 16.5 Å². The molecule has 2 aromatic rings. The van der Waals surface area contributed by atoms with E-state index >= 15 is 0 Å². The van der Waals surface area contributed by atoms with Crippen molar-refractivity contribution in [2.75, 3.05) is 12.4 Å². The van der Waals surface area contributed by atoms with Crippen molar-refractivity contribution in [3.63, 3.8) is 0 Å². The van der Waals surface area contributed by atoms with Crippen molar-refractivity contribution in [3.05, 3.63) is 42.0 Å². The first-order valence-corrected chi connectivity index (χ1v) is 9.04. The van der Waals surface area contributed by atoms with E-state index in [0.29, 0.717) is 0 Å². The Hall–Kier alpha value is -1.50. The number of benzene rings is 2. The second-order valence-electron chi connectivity index (χ2n) is 6.33. The Morgan fingerprint density at radius 3 is 2.00 bits per heavy atom. The monoisotopic (exact) mass is 297 g/mol. The number of rotatable bonds is 10. The summed E-state index contributed by atoms with van der Waals surface area (Å²) in [6, 6.07) is 13.3. The summed E-state index contributed by atoms with van der Waals surface area (Å²) in [5, 5.41) is 6.05. The summed E-state index contributed by atoms with van der Waals surface area (Å²) in [5.41, 5.74) is 2.76. The number of hydrogen-bond acceptors (Lipinski definition) is 1. The molecule has 0 saturated carbocycles. The van der Waals surface area contributed by atoms with E-state index in [0.717, 1.165) is 0 Å². The van der Waals surface area contributed by atoms with Gasteiger partial charge in [0.15, 0.2) is 0 Å². The summed E-state index contributed by atoms with van der Waals surface area (Å²) in [7, 11) is 2.03. The molecular weight excluding hydrogens is 266 g/mol. The van der Waals surface area contributed by atoms with Crippen molar-refractivity contribution in [2.45, 2.75) is 64.7 Å². The molecule has 0 aliphatic rings. The predicted octanol–water partition coefficient (Wildman–Crippen LogP) is 6.56. The van der Waals surface area contributed by atoms with E-state index in [1.54, 1.807) is 0 Å². The largest absolute Gasteiger partial charge is 0.388 e. The van der Waals surface area contributed by atoms with E-state index in [2.05, 4.69) is 48.6 Å². The standard InChI is InChI=1S/C21H31N/c1-3-4-5-6-7-8-9-10-15-20-16-18-13-11-12-14-19(18)17-21(20)22-2/h11-14,16-17,22H,3-10,15H2,1-2H3. The highest BCUT2D eigenvalue weighted by Gasteiger charge is 2.04. The molecular formula is C21H31N. The van der Waals surface area contributed by atoms with Gasteiger partial charge in [0.1, 0.15) is 0 Å². The first-order valence-electron chi connectivity index (χ1n) is 9.04. The SMILES string of the molecule is CCCCCCCCCCc1cc2ccccc2cc1NC. The molecule has 0 atom stereocenters. The van der Waals surface area contributed by atoms with Crippen LogP contribution in [0.1, 0.15) is 63.9 Å². The van der Waals surface area contributed by atoms with Crippen molar-refractivity contribution < 1.29 is 0 Å². The van der Waals surface area contributed by atoms with E-state index in [1.165, 1.54) is 79.8 Å². The first kappa shape index (κ1) is 16.9. The van der Waals surface area contributed by atoms with Gasteiger partial charge in [-0.05, 0) is 41.3 Å². The van der Waals surface area contributed by atoms with Crippen LogP contribution in [0.25, 0.3) is 10.8 Å². The molecule has 0 unspecified atom stereocenters. The summed E-state index contributed by atoms with van der Waals surface area (Å²) in [5.74, 6) is 0. The minimum Gasteiger partial charge on any atom is -0.388 e. The molecule has 0 amide bonds. The average molecular weight is 297 g/mol. The Bertz CT molecular complexity index is 559. The molecule has 22 heavy (non-hydrogen) atoms. The van der Waals surface area contributed by atoms with E-state index in [-0.39, 0.29) is 0 Å². The van der Waals surface area contributed by atoms with Gasteiger partial charge in [0.25, 0.3) is 0 Å². The topological polar surface area (TPSA) is 12.0 Å². The Balaban J connectivity index is 1.81. The molecule has 0 spiro atoms. The van der Waals surface area contributed by atoms with E-state index in [1.807, 2.05) is 7.05 Å². The van der Waals surface area contributed by atoms with Crippen molar-refractivity contribution in [1.82, 2.24) is 0 Å². The second kappa shape index (κ2) is 9.50. The van der Waals surface area contributed by atoms with Gasteiger partial charge in [0, 0.05) is 12.7 Å². The molecule has 0 radical (unpaired) electrons. The fourth-order valence-corrected chi connectivity index (χ4v) is 3.18. The smallest absolute Gasteiger partial charge is 0.0376 e. The Labute approximate surface area is 136 Å². The summed E-state index contributed by atoms with van der Waals surface area (Å²) in [4.78, 5) is 0. The van der Waals surface area contributed by atoms with Crippen molar-refractivity contribution in [3.8, 4) is 0 Å². The normalized spacial score (nSPS) is 11.0. The summed E-state index contributed by atoms with van der Waals surface area (Å²) in [6.07, 6.45) is 12.3. The second-order valence-corrected chi connectivity index (χ2v) is 6.33. The Morgan fingerprint density at radius 1 is 0.773 bits per heavy atom. The fraction of sp³-hybridized carbons (Fsp3) is 0.524. The molecule has 0 bridgehead atoms. The van der Waals surface area contributed by atoms with Gasteiger partial charge in [-0.3, -0.25) is 0 Å². The molecule has 0 aliphatic heterocycles. The maximum Gasteiger partial charge on any atom is 0.0376 e. The number of nitrogens with one attached hydrogen (secondary N) is 1. The third-order valence-electron chi connectivity index (χ3n) is 4.54. The lowest BCUT2D eigenvalue weighted by atomic mass is 9.99. The van der Waals surface area contributed by atoms with Crippen LogP contribution in [0.5, 0.6) is 0 Å². The molecule has 120 valence electrons. The van der Waals surface area contributed by atoms with E-state index in [4.69, 9.17) is 0 Å². The molecule has 0 saturated heterocycles. The number of anilines is 1. The minimum atomic E-state index is 1.19. The lowest BCUT2D eigenvalue weighted by Crippen LogP contribution is -1.96. The maximum absolute atomic E-state index is 3.36. The van der Waals surface area contributed by atoms with Gasteiger partial charge in [-0.25, -0.2) is 0 Å². The fourth-order valence-electron chi connectivity index (χ4n) is 3.18. The van der Waals surface area contributed by atoms with Crippen LogP contribution < -0.4 is 5.32 Å². The van der Waals surface area contributed by atoms with Crippen molar-refractivity contribution in [2.24, 2.45) is 0 Å². The van der Waals surface area contributed by atoms with Crippen LogP contribution in [0.15, 0.2) is 36.4 Å². The Morgan fingerprint density at radius 2 is 1.36 bits per heavy atom. The van der Waals surface area contributed by atoms with Gasteiger partial charge in [0.2, 0.25) is 0 Å². The third-order valence-corrected chi connectivity index (χ3v) is 4.54. The van der Waals surface area contributed by atoms with Gasteiger partial charge in [-0.2, -0.15) is 0 Å². The summed E-state index contributed by atoms with van der Waals surface area (Å²) >= 11 is 0. The first-order chi connectivity index (χ1) is 10.8. The summed E-state index contributed by atoms with van der Waals surface area (Å²) < 4.78 is 0. The van der Waals surface area contributed by atoms with Crippen molar-refractivity contribution in [1.29, 1.82) is 0 Å². The van der Waals surface area contributed by atoms with Crippen LogP contribution in [0.3, 0.4) is 0 Å². The van der Waals surface area contributed by atoms with Crippen LogP contribution >= 0.6 is 0 Å². The lowest BCUT2D eigenvalue weighted by Gasteiger charge is -2.11. The summed E-state index contributed by atoms with van der Waals surface area (Å²) in [6.45, 7) is 2.28. The molecule has 2 rings (SSSR count). The van der Waals surface area contributed by atoms with Gasteiger partial charge in [0.05, 0.1) is 0 Å². The number of fused-ring (bicyclic) bond motifs is 1. The zero-order chi connectivity index (χ0) is 15.6. The molecule has 1 nitrogen and oxygen atoms in total. The van der Waals surface area contributed by atoms with Crippen LogP contribution in [0.2, 0.25) is 0 Å². The lowest BCUT2D eigenvalue weighted by molar-refractivity contribution is 0.576. The van der Waals surface area contributed by atoms with E-state index < -0.39 is 0 Å². The predicted molar refractivity (Wildman–Crippen MR) is 99.8 cm³/mol. The quantitative estimate of drug-likeness (QED) is 0.489. The molecule has 2 aromatic carbocycles. The highest BCUT2D eigenvalue weighted by Crippen LogP contribution is 2.25. The third kappa shape index (κ3) is 5.05. The zero-order valence-corrected chi connectivity index (χ0v) is 14.3. The molecule has 0 heterocycles. The minimum absolute atomic E-state index is 1.19. The van der Waals surface area contributed by atoms with Gasteiger partial charge in [-0.1, -0.05) is 76.1 Å². The zero-order valence-electron chi connectivity index (χ0n) is 14.3. The molecule has 1 N–H and O–H groups in total. The van der Waals surface area contributed by atoms with Gasteiger partial charge < -0.3 is 5.32 Å². The molecule has 0 fully saturated rings.